The maximum absolute atomic E-state index is 12.3. The van der Waals surface area contributed by atoms with Crippen LogP contribution in [0, 0.1) is 0 Å². The topological polar surface area (TPSA) is 79.1 Å². The average molecular weight is 363 g/mol. The van der Waals surface area contributed by atoms with Crippen molar-refractivity contribution in [3.05, 3.63) is 71.8 Å². The number of benzene rings is 3. The summed E-state index contributed by atoms with van der Waals surface area (Å²) in [4.78, 5) is 16.8. The van der Waals surface area contributed by atoms with E-state index in [1.165, 1.54) is 6.21 Å². The summed E-state index contributed by atoms with van der Waals surface area (Å²) < 4.78 is 5.14. The van der Waals surface area contributed by atoms with Crippen molar-refractivity contribution < 1.29 is 19.7 Å². The molecule has 3 aromatic rings. The number of carbonyl (C=O) groups excluding carboxylic acids is 1. The highest BCUT2D eigenvalue weighted by Gasteiger charge is 2.19. The second-order valence-electron chi connectivity index (χ2n) is 6.14. The number of phenolic OH excluding ortho intramolecular Hbond substituents is 2. The van der Waals surface area contributed by atoms with E-state index < -0.39 is 12.0 Å². The fourth-order valence-corrected chi connectivity index (χ4v) is 2.87. The highest BCUT2D eigenvalue weighted by Crippen LogP contribution is 2.25. The third-order valence-corrected chi connectivity index (χ3v) is 4.26. The largest absolute Gasteiger partial charge is 0.508 e. The van der Waals surface area contributed by atoms with Gasteiger partial charge in [0.05, 0.1) is 6.61 Å². The molecule has 0 heterocycles. The number of aromatic hydroxyl groups is 2. The van der Waals surface area contributed by atoms with Crippen molar-refractivity contribution >= 4 is 23.0 Å². The molecule has 3 rings (SSSR count). The Morgan fingerprint density at radius 3 is 2.56 bits per heavy atom. The Morgan fingerprint density at radius 2 is 1.81 bits per heavy atom. The number of fused-ring (bicyclic) bond motifs is 1. The molecule has 0 amide bonds. The highest BCUT2D eigenvalue weighted by atomic mass is 16.5. The van der Waals surface area contributed by atoms with Gasteiger partial charge in [-0.2, -0.15) is 0 Å². The summed E-state index contributed by atoms with van der Waals surface area (Å²) in [6.45, 7) is 2.01. The van der Waals surface area contributed by atoms with Gasteiger partial charge < -0.3 is 14.9 Å². The van der Waals surface area contributed by atoms with Crippen LogP contribution >= 0.6 is 0 Å². The first-order valence-corrected chi connectivity index (χ1v) is 8.77. The van der Waals surface area contributed by atoms with Gasteiger partial charge in [0.2, 0.25) is 0 Å². The van der Waals surface area contributed by atoms with Crippen molar-refractivity contribution in [3.8, 4) is 11.5 Å². The number of hydrogen-bond acceptors (Lipinski definition) is 5. The molecule has 0 radical (unpaired) electrons. The monoisotopic (exact) mass is 363 g/mol. The average Bonchev–Trinajstić information content (AvgIpc) is 2.68. The Labute approximate surface area is 157 Å². The molecule has 0 spiro atoms. The van der Waals surface area contributed by atoms with Gasteiger partial charge in [-0.3, -0.25) is 4.99 Å². The molecule has 0 aliphatic heterocycles. The lowest BCUT2D eigenvalue weighted by atomic mass is 10.0. The van der Waals surface area contributed by atoms with Gasteiger partial charge >= 0.3 is 5.97 Å². The predicted molar refractivity (Wildman–Crippen MR) is 105 cm³/mol. The SMILES string of the molecule is CCOC(=O)[C@H](Cc1ccc(O)cc1)N=Cc1c(O)ccc2ccccc12. The van der Waals surface area contributed by atoms with Crippen LogP contribution in [-0.2, 0) is 16.0 Å². The quantitative estimate of drug-likeness (QED) is 0.515. The van der Waals surface area contributed by atoms with Gasteiger partial charge in [0.25, 0.3) is 0 Å². The maximum Gasteiger partial charge on any atom is 0.331 e. The fraction of sp³-hybridized carbons (Fsp3) is 0.182. The Hall–Kier alpha value is -3.34. The molecule has 1 atom stereocenters. The molecule has 0 unspecified atom stereocenters. The first-order chi connectivity index (χ1) is 13.1. The van der Waals surface area contributed by atoms with E-state index in [-0.39, 0.29) is 18.1 Å². The summed E-state index contributed by atoms with van der Waals surface area (Å²) in [5.41, 5.74) is 1.42. The maximum atomic E-state index is 12.3. The lowest BCUT2D eigenvalue weighted by molar-refractivity contribution is -0.144. The first-order valence-electron chi connectivity index (χ1n) is 8.77. The van der Waals surface area contributed by atoms with E-state index in [1.807, 2.05) is 30.3 Å². The first kappa shape index (κ1) is 18.5. The van der Waals surface area contributed by atoms with Crippen LogP contribution in [0.2, 0.25) is 0 Å². The van der Waals surface area contributed by atoms with Crippen molar-refractivity contribution in [3.63, 3.8) is 0 Å². The smallest absolute Gasteiger partial charge is 0.331 e. The molecule has 2 N–H and O–H groups in total. The van der Waals surface area contributed by atoms with Gasteiger partial charge in [-0.25, -0.2) is 4.79 Å². The third kappa shape index (κ3) is 4.44. The third-order valence-electron chi connectivity index (χ3n) is 4.26. The van der Waals surface area contributed by atoms with Crippen LogP contribution < -0.4 is 0 Å². The number of esters is 1. The summed E-state index contributed by atoms with van der Waals surface area (Å²) in [6.07, 6.45) is 1.86. The molecule has 5 nitrogen and oxygen atoms in total. The minimum Gasteiger partial charge on any atom is -0.508 e. The zero-order valence-electron chi connectivity index (χ0n) is 15.0. The molecule has 0 aliphatic carbocycles. The van der Waals surface area contributed by atoms with Gasteiger partial charge in [0, 0.05) is 18.2 Å². The lowest BCUT2D eigenvalue weighted by Gasteiger charge is -2.12. The molecule has 0 aromatic heterocycles. The Balaban J connectivity index is 1.93. The molecule has 5 heteroatoms. The van der Waals surface area contributed by atoms with Crippen LogP contribution in [0.3, 0.4) is 0 Å². The van der Waals surface area contributed by atoms with Crippen molar-refractivity contribution in [2.24, 2.45) is 4.99 Å². The summed E-state index contributed by atoms with van der Waals surface area (Å²) >= 11 is 0. The number of phenols is 2. The van der Waals surface area contributed by atoms with Crippen molar-refractivity contribution in [1.29, 1.82) is 0 Å². The van der Waals surface area contributed by atoms with Crippen molar-refractivity contribution in [2.45, 2.75) is 19.4 Å². The van der Waals surface area contributed by atoms with Crippen LogP contribution in [0.5, 0.6) is 11.5 Å². The van der Waals surface area contributed by atoms with Crippen LogP contribution in [0.15, 0.2) is 65.7 Å². The van der Waals surface area contributed by atoms with Crippen LogP contribution in [0.25, 0.3) is 10.8 Å². The van der Waals surface area contributed by atoms with Gasteiger partial charge in [0.15, 0.2) is 6.04 Å². The number of carbonyl (C=O) groups is 1. The van der Waals surface area contributed by atoms with Crippen molar-refractivity contribution in [1.82, 2.24) is 0 Å². The molecule has 0 saturated carbocycles. The Kier molecular flexibility index (Phi) is 5.71. The Bertz CT molecular complexity index is 964. The second kappa shape index (κ2) is 8.36. The molecule has 138 valence electrons. The standard InChI is InChI=1S/C22H21NO4/c1-2-27-22(26)20(13-15-7-10-17(24)11-8-15)23-14-19-18-6-4-3-5-16(18)9-12-21(19)25/h3-12,14,20,24-25H,2,13H2,1H3/t20-/m0/s1. The zero-order valence-corrected chi connectivity index (χ0v) is 15.0. The van der Waals surface area contributed by atoms with Crippen LogP contribution in [0.1, 0.15) is 18.1 Å². The predicted octanol–water partition coefficient (Wildman–Crippen LogP) is 3.84. The number of nitrogens with zero attached hydrogens (tertiary/aromatic N) is 1. The minimum absolute atomic E-state index is 0.102. The molecule has 0 bridgehead atoms. The summed E-state index contributed by atoms with van der Waals surface area (Å²) in [5, 5.41) is 21.5. The van der Waals surface area contributed by atoms with E-state index in [0.717, 1.165) is 16.3 Å². The van der Waals surface area contributed by atoms with Gasteiger partial charge in [-0.05, 0) is 41.5 Å². The van der Waals surface area contributed by atoms with E-state index >= 15 is 0 Å². The van der Waals surface area contributed by atoms with Gasteiger partial charge in [-0.15, -0.1) is 0 Å². The van der Waals surface area contributed by atoms with Crippen molar-refractivity contribution in [2.75, 3.05) is 6.61 Å². The van der Waals surface area contributed by atoms with Crippen LogP contribution in [0.4, 0.5) is 0 Å². The van der Waals surface area contributed by atoms with E-state index in [4.69, 9.17) is 4.74 Å². The second-order valence-corrected chi connectivity index (χ2v) is 6.14. The number of hydrogen-bond donors (Lipinski definition) is 2. The Morgan fingerprint density at radius 1 is 1.07 bits per heavy atom. The number of rotatable bonds is 6. The fourth-order valence-electron chi connectivity index (χ4n) is 2.87. The molecule has 0 aliphatic rings. The normalized spacial score (nSPS) is 12.3. The van der Waals surface area contributed by atoms with E-state index in [0.29, 0.717) is 12.0 Å². The van der Waals surface area contributed by atoms with Gasteiger partial charge in [-0.1, -0.05) is 42.5 Å². The summed E-state index contributed by atoms with van der Waals surface area (Å²) in [5.74, 6) is -0.165. The van der Waals surface area contributed by atoms with Gasteiger partial charge in [0.1, 0.15) is 11.5 Å². The van der Waals surface area contributed by atoms with E-state index in [1.54, 1.807) is 37.3 Å². The molecule has 27 heavy (non-hydrogen) atoms. The summed E-state index contributed by atoms with van der Waals surface area (Å²) in [7, 11) is 0. The summed E-state index contributed by atoms with van der Waals surface area (Å²) in [6, 6.07) is 17.0. The zero-order chi connectivity index (χ0) is 19.2. The lowest BCUT2D eigenvalue weighted by Crippen LogP contribution is -2.24. The molecule has 3 aromatic carbocycles. The molecular formula is C22H21NO4. The number of ether oxygens (including phenoxy) is 1. The van der Waals surface area contributed by atoms with E-state index in [9.17, 15) is 15.0 Å². The number of aliphatic imine (C=N–C) groups is 1. The van der Waals surface area contributed by atoms with E-state index in [2.05, 4.69) is 4.99 Å². The van der Waals surface area contributed by atoms with Crippen LogP contribution in [-0.4, -0.2) is 35.0 Å². The highest BCUT2D eigenvalue weighted by molar-refractivity contribution is 6.02. The molecule has 0 fully saturated rings. The molecular weight excluding hydrogens is 342 g/mol. The minimum atomic E-state index is -0.743. The molecule has 0 saturated heterocycles.